The molecular weight excluding hydrogens is 392 g/mol. The highest BCUT2D eigenvalue weighted by Crippen LogP contribution is 2.24. The quantitative estimate of drug-likeness (QED) is 0.479. The molecule has 9 heteroatoms. The highest BCUT2D eigenvalue weighted by Gasteiger charge is 2.13. The Morgan fingerprint density at radius 2 is 1.97 bits per heavy atom. The van der Waals surface area contributed by atoms with Gasteiger partial charge < -0.3 is 5.32 Å². The van der Waals surface area contributed by atoms with Crippen molar-refractivity contribution in [1.29, 1.82) is 0 Å². The van der Waals surface area contributed by atoms with Crippen LogP contribution in [0.2, 0.25) is 0 Å². The number of aryl methyl sites for hydroxylation is 2. The Hall–Kier alpha value is -4.27. The Kier molecular flexibility index (Phi) is 4.55. The van der Waals surface area contributed by atoms with Crippen LogP contribution in [0.3, 0.4) is 0 Å². The van der Waals surface area contributed by atoms with Crippen LogP contribution in [0, 0.1) is 6.92 Å². The fraction of sp³-hybridized carbons (Fsp3) is 0.136. The fourth-order valence-electron chi connectivity index (χ4n) is 3.51. The summed E-state index contributed by atoms with van der Waals surface area (Å²) in [5.74, 6) is 1.00. The summed E-state index contributed by atoms with van der Waals surface area (Å²) in [6.07, 6.45) is 7.14. The second-order valence-corrected chi connectivity index (χ2v) is 7.29. The molecule has 5 aromatic rings. The molecule has 0 aliphatic heterocycles. The minimum absolute atomic E-state index is 0.0849. The third kappa shape index (κ3) is 3.68. The van der Waals surface area contributed by atoms with Gasteiger partial charge >= 0.3 is 0 Å². The number of aromatic nitrogens is 7. The fourth-order valence-corrected chi connectivity index (χ4v) is 3.51. The van der Waals surface area contributed by atoms with Gasteiger partial charge in [0.25, 0.3) is 0 Å². The summed E-state index contributed by atoms with van der Waals surface area (Å²) >= 11 is 0. The predicted octanol–water partition coefficient (Wildman–Crippen LogP) is 2.96. The van der Waals surface area contributed by atoms with Crippen molar-refractivity contribution in [3.05, 3.63) is 72.9 Å². The average molecular weight is 412 g/mol. The zero-order valence-electron chi connectivity index (χ0n) is 17.1. The lowest BCUT2D eigenvalue weighted by Gasteiger charge is -2.08. The maximum Gasteiger partial charge on any atom is 0.247 e. The molecule has 154 valence electrons. The van der Waals surface area contributed by atoms with Gasteiger partial charge in [-0.2, -0.15) is 20.0 Å². The summed E-state index contributed by atoms with van der Waals surface area (Å²) in [5.41, 5.74) is 3.81. The first-order valence-electron chi connectivity index (χ1n) is 9.79. The molecular formula is C22H20N8O. The van der Waals surface area contributed by atoms with Gasteiger partial charge in [-0.15, -0.1) is 0 Å². The maximum atomic E-state index is 12.7. The molecule has 0 fully saturated rings. The normalized spacial score (nSPS) is 11.2. The van der Waals surface area contributed by atoms with Gasteiger partial charge in [0.2, 0.25) is 5.91 Å². The van der Waals surface area contributed by atoms with E-state index in [0.717, 1.165) is 27.7 Å². The van der Waals surface area contributed by atoms with E-state index < -0.39 is 0 Å². The van der Waals surface area contributed by atoms with Crippen LogP contribution in [0.15, 0.2) is 67.3 Å². The number of carbonyl (C=O) groups is 1. The van der Waals surface area contributed by atoms with Crippen molar-refractivity contribution in [2.24, 2.45) is 7.05 Å². The van der Waals surface area contributed by atoms with E-state index in [2.05, 4.69) is 31.7 Å². The van der Waals surface area contributed by atoms with Gasteiger partial charge in [-0.25, -0.2) is 4.98 Å². The van der Waals surface area contributed by atoms with E-state index in [4.69, 9.17) is 0 Å². The summed E-state index contributed by atoms with van der Waals surface area (Å²) in [7, 11) is 1.92. The number of pyridine rings is 1. The number of hydrogen-bond acceptors (Lipinski definition) is 5. The minimum Gasteiger partial charge on any atom is -0.309 e. The zero-order chi connectivity index (χ0) is 21.4. The van der Waals surface area contributed by atoms with Crippen molar-refractivity contribution >= 4 is 22.6 Å². The minimum atomic E-state index is -0.200. The molecule has 4 heterocycles. The monoisotopic (exact) mass is 412 g/mol. The van der Waals surface area contributed by atoms with Crippen molar-refractivity contribution < 1.29 is 4.79 Å². The smallest absolute Gasteiger partial charge is 0.247 e. The first-order chi connectivity index (χ1) is 15.1. The van der Waals surface area contributed by atoms with E-state index in [9.17, 15) is 4.79 Å². The van der Waals surface area contributed by atoms with Crippen molar-refractivity contribution in [3.63, 3.8) is 0 Å². The second-order valence-electron chi connectivity index (χ2n) is 7.29. The number of rotatable bonds is 5. The molecule has 0 radical (unpaired) electrons. The Labute approximate surface area is 177 Å². The SMILES string of the molecule is Cc1cc(NC(=O)Cn2cc(-c3ccc4c(cnn4C)c3)cn2)n(-c2ccccn2)n1. The molecule has 1 amide bonds. The topological polar surface area (TPSA) is 95.5 Å². The molecule has 1 N–H and O–H groups in total. The largest absolute Gasteiger partial charge is 0.309 e. The van der Waals surface area contributed by atoms with Gasteiger partial charge in [-0.3, -0.25) is 14.2 Å². The number of hydrogen-bond donors (Lipinski definition) is 1. The van der Waals surface area contributed by atoms with Gasteiger partial charge in [-0.05, 0) is 36.8 Å². The van der Waals surface area contributed by atoms with Crippen LogP contribution >= 0.6 is 0 Å². The van der Waals surface area contributed by atoms with Gasteiger partial charge in [0.1, 0.15) is 12.4 Å². The molecule has 5 rings (SSSR count). The summed E-state index contributed by atoms with van der Waals surface area (Å²) in [6.45, 7) is 1.95. The van der Waals surface area contributed by atoms with Crippen LogP contribution in [-0.2, 0) is 18.4 Å². The van der Waals surface area contributed by atoms with Crippen molar-refractivity contribution in [3.8, 4) is 16.9 Å². The summed E-state index contributed by atoms with van der Waals surface area (Å²) in [4.78, 5) is 17.0. The van der Waals surface area contributed by atoms with Crippen LogP contribution in [0.5, 0.6) is 0 Å². The highest BCUT2D eigenvalue weighted by molar-refractivity contribution is 5.90. The Balaban J connectivity index is 1.32. The number of nitrogens with one attached hydrogen (secondary N) is 1. The molecule has 0 aliphatic carbocycles. The van der Waals surface area contributed by atoms with E-state index >= 15 is 0 Å². The summed E-state index contributed by atoms with van der Waals surface area (Å²) in [6, 6.07) is 13.5. The Bertz CT molecular complexity index is 1380. The lowest BCUT2D eigenvalue weighted by molar-refractivity contribution is -0.116. The van der Waals surface area contributed by atoms with E-state index in [-0.39, 0.29) is 12.5 Å². The molecule has 0 aliphatic rings. The molecule has 0 spiro atoms. The van der Waals surface area contributed by atoms with Gasteiger partial charge in [0.15, 0.2) is 5.82 Å². The van der Waals surface area contributed by atoms with E-state index in [1.807, 2.05) is 67.4 Å². The number of amides is 1. The predicted molar refractivity (Wildman–Crippen MR) is 117 cm³/mol. The van der Waals surface area contributed by atoms with E-state index in [1.165, 1.54) is 0 Å². The third-order valence-corrected chi connectivity index (χ3v) is 4.98. The van der Waals surface area contributed by atoms with Crippen LogP contribution in [-0.4, -0.2) is 40.2 Å². The molecule has 0 bridgehead atoms. The number of nitrogens with zero attached hydrogens (tertiary/aromatic N) is 7. The number of benzene rings is 1. The zero-order valence-corrected chi connectivity index (χ0v) is 17.1. The van der Waals surface area contributed by atoms with Crippen LogP contribution in [0.25, 0.3) is 27.8 Å². The molecule has 1 aromatic carbocycles. The molecule has 4 aromatic heterocycles. The third-order valence-electron chi connectivity index (χ3n) is 4.98. The maximum absolute atomic E-state index is 12.7. The molecule has 0 saturated heterocycles. The second kappa shape index (κ2) is 7.52. The lowest BCUT2D eigenvalue weighted by Crippen LogP contribution is -2.21. The number of fused-ring (bicyclic) bond motifs is 1. The van der Waals surface area contributed by atoms with E-state index in [0.29, 0.717) is 11.6 Å². The van der Waals surface area contributed by atoms with Crippen molar-refractivity contribution in [1.82, 2.24) is 34.3 Å². The highest BCUT2D eigenvalue weighted by atomic mass is 16.2. The number of anilines is 1. The molecule has 0 atom stereocenters. The van der Waals surface area contributed by atoms with Crippen LogP contribution < -0.4 is 5.32 Å². The molecule has 31 heavy (non-hydrogen) atoms. The summed E-state index contributed by atoms with van der Waals surface area (Å²) in [5, 5.41) is 17.0. The Morgan fingerprint density at radius 3 is 2.81 bits per heavy atom. The molecule has 0 unspecified atom stereocenters. The van der Waals surface area contributed by atoms with Gasteiger partial charge in [0.05, 0.1) is 23.6 Å². The Morgan fingerprint density at radius 1 is 1.06 bits per heavy atom. The van der Waals surface area contributed by atoms with Gasteiger partial charge in [0, 0.05) is 36.5 Å². The molecule has 0 saturated carbocycles. The van der Waals surface area contributed by atoms with Crippen molar-refractivity contribution in [2.45, 2.75) is 13.5 Å². The lowest BCUT2D eigenvalue weighted by atomic mass is 10.1. The van der Waals surface area contributed by atoms with Gasteiger partial charge in [-0.1, -0.05) is 12.1 Å². The van der Waals surface area contributed by atoms with Crippen LogP contribution in [0.1, 0.15) is 5.69 Å². The van der Waals surface area contributed by atoms with Crippen molar-refractivity contribution in [2.75, 3.05) is 5.32 Å². The molecule has 9 nitrogen and oxygen atoms in total. The first-order valence-corrected chi connectivity index (χ1v) is 9.79. The first kappa shape index (κ1) is 18.7. The van der Waals surface area contributed by atoms with E-state index in [1.54, 1.807) is 21.8 Å². The average Bonchev–Trinajstić information content (AvgIpc) is 3.48. The van der Waals surface area contributed by atoms with Crippen LogP contribution in [0.4, 0.5) is 5.82 Å². The standard InChI is InChI=1S/C22H20N8O/c1-15-9-21(30(27-15)20-5-3-4-8-23-20)26-22(31)14-29-13-18(12-25-29)16-6-7-19-17(10-16)11-24-28(19)2/h3-13H,14H2,1-2H3,(H,26,31). The number of carbonyl (C=O) groups excluding carboxylic acids is 1. The summed E-state index contributed by atoms with van der Waals surface area (Å²) < 4.78 is 5.07.